The van der Waals surface area contributed by atoms with Gasteiger partial charge in [-0.05, 0) is 37.1 Å². The molecule has 7 nitrogen and oxygen atoms in total. The van der Waals surface area contributed by atoms with Crippen LogP contribution in [0.3, 0.4) is 0 Å². The topological polar surface area (TPSA) is 95.0 Å². The Labute approximate surface area is 148 Å². The van der Waals surface area contributed by atoms with E-state index in [2.05, 4.69) is 0 Å². The summed E-state index contributed by atoms with van der Waals surface area (Å²) in [5.74, 6) is -1.18. The van der Waals surface area contributed by atoms with Crippen LogP contribution >= 0.6 is 0 Å². The smallest absolute Gasteiger partial charge is 0.305 e. The number of hydrogen-bond acceptors (Lipinski definition) is 4. The molecule has 0 aliphatic carbocycles. The summed E-state index contributed by atoms with van der Waals surface area (Å²) in [6.07, 6.45) is 1.38. The molecule has 0 saturated carbocycles. The molecule has 1 heterocycles. The molecule has 0 aromatic heterocycles. The number of carboxylic acids is 1. The normalized spacial score (nSPS) is 17.9. The first-order valence-corrected chi connectivity index (χ1v) is 9.88. The SMILES string of the molecule is CCN(CC)S(=O)(=O)c1ccc(C(=O)N2CCCC2CC(=O)O)cc1. The van der Waals surface area contributed by atoms with Gasteiger partial charge < -0.3 is 10.0 Å². The lowest BCUT2D eigenvalue weighted by Gasteiger charge is -2.24. The van der Waals surface area contributed by atoms with E-state index in [-0.39, 0.29) is 23.3 Å². The maximum absolute atomic E-state index is 12.6. The lowest BCUT2D eigenvalue weighted by Crippen LogP contribution is -2.36. The van der Waals surface area contributed by atoms with Gasteiger partial charge in [-0.2, -0.15) is 4.31 Å². The van der Waals surface area contributed by atoms with Gasteiger partial charge in [-0.1, -0.05) is 13.8 Å². The fourth-order valence-corrected chi connectivity index (χ4v) is 4.62. The minimum Gasteiger partial charge on any atom is -0.481 e. The number of carboxylic acid groups (broad SMARTS) is 1. The van der Waals surface area contributed by atoms with E-state index in [1.54, 1.807) is 18.7 Å². The summed E-state index contributed by atoms with van der Waals surface area (Å²) in [4.78, 5) is 25.3. The maximum atomic E-state index is 12.6. The highest BCUT2D eigenvalue weighted by atomic mass is 32.2. The van der Waals surface area contributed by atoms with Crippen LogP contribution in [0.15, 0.2) is 29.2 Å². The maximum Gasteiger partial charge on any atom is 0.305 e. The standard InChI is InChI=1S/C17H24N2O5S/c1-3-18(4-2)25(23,24)15-9-7-13(8-10-15)17(22)19-11-5-6-14(19)12-16(20)21/h7-10,14H,3-6,11-12H2,1-2H3,(H,20,21). The van der Waals surface area contributed by atoms with Crippen molar-refractivity contribution in [2.75, 3.05) is 19.6 Å². The highest BCUT2D eigenvalue weighted by molar-refractivity contribution is 7.89. The molecule has 8 heteroatoms. The monoisotopic (exact) mass is 368 g/mol. The van der Waals surface area contributed by atoms with E-state index in [0.29, 0.717) is 31.6 Å². The molecule has 1 aromatic rings. The number of carbonyl (C=O) groups excluding carboxylic acids is 1. The van der Waals surface area contributed by atoms with E-state index >= 15 is 0 Å². The third-order valence-corrected chi connectivity index (χ3v) is 6.56. The molecule has 1 unspecified atom stereocenters. The van der Waals surface area contributed by atoms with Crippen LogP contribution in [0.1, 0.15) is 43.5 Å². The van der Waals surface area contributed by atoms with Crippen LogP contribution in [0.4, 0.5) is 0 Å². The highest BCUT2D eigenvalue weighted by Crippen LogP contribution is 2.23. The quantitative estimate of drug-likeness (QED) is 0.792. The first kappa shape index (κ1) is 19.4. The van der Waals surface area contributed by atoms with Gasteiger partial charge in [0.25, 0.3) is 5.91 Å². The number of sulfonamides is 1. The van der Waals surface area contributed by atoms with Gasteiger partial charge in [0, 0.05) is 31.2 Å². The lowest BCUT2D eigenvalue weighted by molar-refractivity contribution is -0.137. The molecule has 0 radical (unpaired) electrons. The number of nitrogens with zero attached hydrogens (tertiary/aromatic N) is 2. The molecule has 1 aliphatic rings. The number of rotatable bonds is 7. The molecule has 0 bridgehead atoms. The zero-order valence-corrected chi connectivity index (χ0v) is 15.3. The van der Waals surface area contributed by atoms with Gasteiger partial charge in [-0.15, -0.1) is 0 Å². The Kier molecular flexibility index (Phi) is 6.18. The summed E-state index contributed by atoms with van der Waals surface area (Å²) < 4.78 is 26.3. The molecule has 1 atom stereocenters. The number of benzene rings is 1. The molecule has 1 aliphatic heterocycles. The Balaban J connectivity index is 2.19. The second-order valence-corrected chi connectivity index (χ2v) is 7.94. The van der Waals surface area contributed by atoms with Crippen LogP contribution in [-0.2, 0) is 14.8 Å². The van der Waals surface area contributed by atoms with E-state index < -0.39 is 16.0 Å². The molecule has 1 saturated heterocycles. The largest absolute Gasteiger partial charge is 0.481 e. The summed E-state index contributed by atoms with van der Waals surface area (Å²) in [5, 5.41) is 8.96. The van der Waals surface area contributed by atoms with Crippen molar-refractivity contribution < 1.29 is 23.1 Å². The number of aliphatic carboxylic acids is 1. The first-order chi connectivity index (χ1) is 11.8. The van der Waals surface area contributed by atoms with Gasteiger partial charge in [0.2, 0.25) is 10.0 Å². The fraction of sp³-hybridized carbons (Fsp3) is 0.529. The fourth-order valence-electron chi connectivity index (χ4n) is 3.16. The second kappa shape index (κ2) is 7.97. The van der Waals surface area contributed by atoms with Gasteiger partial charge in [-0.3, -0.25) is 9.59 Å². The molecular weight excluding hydrogens is 344 g/mol. The second-order valence-electron chi connectivity index (χ2n) is 6.01. The van der Waals surface area contributed by atoms with Crippen LogP contribution in [0, 0.1) is 0 Å². The van der Waals surface area contributed by atoms with Crippen molar-refractivity contribution in [3.63, 3.8) is 0 Å². The van der Waals surface area contributed by atoms with E-state index in [1.807, 2.05) is 0 Å². The summed E-state index contributed by atoms with van der Waals surface area (Å²) in [6, 6.07) is 5.56. The van der Waals surface area contributed by atoms with Crippen molar-refractivity contribution in [3.05, 3.63) is 29.8 Å². The molecule has 1 fully saturated rings. The Bertz CT molecular complexity index is 726. The molecule has 1 amide bonds. The van der Waals surface area contributed by atoms with Gasteiger partial charge >= 0.3 is 5.97 Å². The molecule has 2 rings (SSSR count). The minimum absolute atomic E-state index is 0.0693. The molecule has 0 spiro atoms. The predicted molar refractivity (Wildman–Crippen MR) is 92.9 cm³/mol. The van der Waals surface area contributed by atoms with Crippen LogP contribution in [0.2, 0.25) is 0 Å². The van der Waals surface area contributed by atoms with Crippen molar-refractivity contribution in [2.24, 2.45) is 0 Å². The van der Waals surface area contributed by atoms with E-state index in [1.165, 1.54) is 28.6 Å². The minimum atomic E-state index is -3.56. The van der Waals surface area contributed by atoms with Crippen molar-refractivity contribution >= 4 is 21.9 Å². The summed E-state index contributed by atoms with van der Waals surface area (Å²) in [5.41, 5.74) is 0.371. The first-order valence-electron chi connectivity index (χ1n) is 8.44. The van der Waals surface area contributed by atoms with Crippen LogP contribution in [-0.4, -0.2) is 60.3 Å². The van der Waals surface area contributed by atoms with E-state index in [4.69, 9.17) is 5.11 Å². The molecule has 1 aromatic carbocycles. The average Bonchev–Trinajstić information content (AvgIpc) is 3.02. The third kappa shape index (κ3) is 4.19. The van der Waals surface area contributed by atoms with Gasteiger partial charge in [0.1, 0.15) is 0 Å². The molecular formula is C17H24N2O5S. The zero-order valence-electron chi connectivity index (χ0n) is 14.5. The number of amides is 1. The van der Waals surface area contributed by atoms with Crippen LogP contribution < -0.4 is 0 Å². The zero-order chi connectivity index (χ0) is 18.6. The molecule has 25 heavy (non-hydrogen) atoms. The Morgan fingerprint density at radius 1 is 1.20 bits per heavy atom. The Morgan fingerprint density at radius 3 is 2.32 bits per heavy atom. The molecule has 138 valence electrons. The average molecular weight is 368 g/mol. The van der Waals surface area contributed by atoms with Gasteiger partial charge in [0.05, 0.1) is 11.3 Å². The van der Waals surface area contributed by atoms with Crippen molar-refractivity contribution in [2.45, 2.75) is 44.0 Å². The number of likely N-dealkylation sites (tertiary alicyclic amines) is 1. The third-order valence-electron chi connectivity index (χ3n) is 4.49. The molecule has 1 N–H and O–H groups in total. The van der Waals surface area contributed by atoms with Gasteiger partial charge in [0.15, 0.2) is 0 Å². The van der Waals surface area contributed by atoms with E-state index in [9.17, 15) is 18.0 Å². The lowest BCUT2D eigenvalue weighted by atomic mass is 10.1. The predicted octanol–water partition coefficient (Wildman–Crippen LogP) is 1.80. The van der Waals surface area contributed by atoms with Crippen molar-refractivity contribution in [1.29, 1.82) is 0 Å². The summed E-state index contributed by atoms with van der Waals surface area (Å²) >= 11 is 0. The van der Waals surface area contributed by atoms with Crippen LogP contribution in [0.5, 0.6) is 0 Å². The Hall–Kier alpha value is -1.93. The van der Waals surface area contributed by atoms with Gasteiger partial charge in [-0.25, -0.2) is 8.42 Å². The van der Waals surface area contributed by atoms with Crippen molar-refractivity contribution in [1.82, 2.24) is 9.21 Å². The summed E-state index contributed by atoms with van der Waals surface area (Å²) in [6.45, 7) is 4.83. The summed E-state index contributed by atoms with van der Waals surface area (Å²) in [7, 11) is -3.56. The number of carbonyl (C=O) groups is 2. The Morgan fingerprint density at radius 2 is 1.80 bits per heavy atom. The van der Waals surface area contributed by atoms with Crippen molar-refractivity contribution in [3.8, 4) is 0 Å². The van der Waals surface area contributed by atoms with E-state index in [0.717, 1.165) is 6.42 Å². The highest BCUT2D eigenvalue weighted by Gasteiger charge is 2.31. The van der Waals surface area contributed by atoms with Crippen LogP contribution in [0.25, 0.3) is 0 Å². The number of hydrogen-bond donors (Lipinski definition) is 1.